The van der Waals surface area contributed by atoms with Crippen molar-refractivity contribution < 1.29 is 0 Å². The molecule has 2 nitrogen and oxygen atoms in total. The van der Waals surface area contributed by atoms with Crippen molar-refractivity contribution in [3.05, 3.63) is 242 Å². The SMILES string of the molecule is c1ccc(N(c2ccc3c4ccccc4c4ccccc4c3c2)c2ccc3c(c2N(c2ccccc2)c2ccc4c5ccccc5c5ccccc5c4c2)C2(c4ccccc4-3)C3CC4CC5CC2C3(C4)C5)cc1. The van der Waals surface area contributed by atoms with Crippen LogP contribution in [0, 0.1) is 29.1 Å². The van der Waals surface area contributed by atoms with Crippen LogP contribution in [-0.4, -0.2) is 0 Å². The zero-order valence-corrected chi connectivity index (χ0v) is 40.7. The minimum atomic E-state index is -0.102. The Labute approximate surface area is 425 Å². The van der Waals surface area contributed by atoms with Gasteiger partial charge in [0.1, 0.15) is 0 Å². The molecule has 0 aliphatic heterocycles. The smallest absolute Gasteiger partial charge is 0.0750 e. The number of hydrogen-bond acceptors (Lipinski definition) is 2. The van der Waals surface area contributed by atoms with E-state index in [1.54, 1.807) is 11.1 Å². The number of nitrogens with zero attached hydrogens (tertiary/aromatic N) is 2. The number of rotatable bonds is 6. The first-order chi connectivity index (χ1) is 36.2. The molecule has 4 atom stereocenters. The highest BCUT2D eigenvalue weighted by atomic mass is 15.2. The lowest BCUT2D eigenvalue weighted by atomic mass is 9.38. The van der Waals surface area contributed by atoms with E-state index >= 15 is 0 Å². The van der Waals surface area contributed by atoms with Crippen LogP contribution >= 0.6 is 0 Å². The molecule has 0 N–H and O–H groups in total. The second kappa shape index (κ2) is 14.7. The van der Waals surface area contributed by atoms with Gasteiger partial charge in [-0.05, 0) is 203 Å². The number of para-hydroxylation sites is 2. The van der Waals surface area contributed by atoms with Gasteiger partial charge in [-0.25, -0.2) is 0 Å². The summed E-state index contributed by atoms with van der Waals surface area (Å²) in [4.78, 5) is 5.32. The third kappa shape index (κ3) is 5.23. The molecule has 0 saturated heterocycles. The molecule has 0 amide bonds. The van der Waals surface area contributed by atoms with Crippen LogP contribution in [0.4, 0.5) is 34.1 Å². The first-order valence-corrected chi connectivity index (χ1v) is 26.8. The largest absolute Gasteiger partial charge is 0.308 e. The molecule has 73 heavy (non-hydrogen) atoms. The van der Waals surface area contributed by atoms with Crippen molar-refractivity contribution in [3.8, 4) is 11.1 Å². The second-order valence-corrected chi connectivity index (χ2v) is 22.4. The van der Waals surface area contributed by atoms with Crippen LogP contribution in [0.5, 0.6) is 0 Å². The average Bonchev–Trinajstić information content (AvgIpc) is 3.99. The molecule has 0 aromatic heterocycles. The van der Waals surface area contributed by atoms with Gasteiger partial charge in [0.05, 0.1) is 11.4 Å². The van der Waals surface area contributed by atoms with Gasteiger partial charge in [0.25, 0.3) is 0 Å². The van der Waals surface area contributed by atoms with Gasteiger partial charge in [-0.2, -0.15) is 0 Å². The van der Waals surface area contributed by atoms with Gasteiger partial charge < -0.3 is 9.80 Å². The quantitative estimate of drug-likeness (QED) is 0.153. The fourth-order valence-corrected chi connectivity index (χ4v) is 17.2. The van der Waals surface area contributed by atoms with Crippen molar-refractivity contribution in [2.45, 2.75) is 37.5 Å². The predicted molar refractivity (Wildman–Crippen MR) is 307 cm³/mol. The standard InChI is InChI=1S/C71H52N2/c1-3-17-46(18-4-1)72(48-31-33-58-54-25-9-7-21-50(54)52-23-11-13-27-56(52)62(58)40-48)65-36-35-61-60-29-15-16-30-64(60)71(66-38-44-37-45-39-67(71)70(66,42-44)43-45)68(61)69(65)73(47-19-5-2-6-20-47)49-32-34-59-55-26-10-8-22-51(55)53-24-12-14-28-57(53)63(59)41-49/h1-36,40-41,44-45,66-67H,37-39,42-43H2. The van der Waals surface area contributed by atoms with Gasteiger partial charge in [-0.3, -0.25) is 0 Å². The number of anilines is 6. The van der Waals surface area contributed by atoms with Crippen molar-refractivity contribution in [1.82, 2.24) is 0 Å². The Morgan fingerprint density at radius 3 is 1.23 bits per heavy atom. The van der Waals surface area contributed by atoms with Crippen molar-refractivity contribution >= 4 is 98.8 Å². The Kier molecular flexibility index (Phi) is 8.14. The number of benzene rings is 12. The van der Waals surface area contributed by atoms with E-state index in [-0.39, 0.29) is 5.41 Å². The van der Waals surface area contributed by atoms with Gasteiger partial charge in [0, 0.05) is 28.2 Å². The highest BCUT2D eigenvalue weighted by Gasteiger charge is 2.80. The maximum absolute atomic E-state index is 2.70. The normalized spacial score (nSPS) is 22.9. The maximum atomic E-state index is 2.70. The minimum absolute atomic E-state index is 0.102. The molecule has 12 aromatic rings. The Hall–Kier alpha value is -8.20. The lowest BCUT2D eigenvalue weighted by Gasteiger charge is -2.65. The highest BCUT2D eigenvalue weighted by molar-refractivity contribution is 6.27. The van der Waals surface area contributed by atoms with Crippen LogP contribution in [0.1, 0.15) is 43.2 Å². The molecule has 17 rings (SSSR count). The molecule has 2 spiro atoms. The Bertz CT molecular complexity index is 4210. The Morgan fingerprint density at radius 2 is 0.726 bits per heavy atom. The van der Waals surface area contributed by atoms with Gasteiger partial charge in [0.2, 0.25) is 0 Å². The molecule has 4 saturated carbocycles. The summed E-state index contributed by atoms with van der Waals surface area (Å²) < 4.78 is 0. The van der Waals surface area contributed by atoms with Gasteiger partial charge in [-0.1, -0.05) is 176 Å². The first-order valence-electron chi connectivity index (χ1n) is 26.8. The summed E-state index contributed by atoms with van der Waals surface area (Å²) in [7, 11) is 0. The Morgan fingerprint density at radius 1 is 0.315 bits per heavy atom. The monoisotopic (exact) mass is 932 g/mol. The summed E-state index contributed by atoms with van der Waals surface area (Å²) in [5.74, 6) is 2.87. The highest BCUT2D eigenvalue weighted by Crippen LogP contribution is 2.86. The number of hydrogen-bond donors (Lipinski definition) is 0. The molecule has 346 valence electrons. The van der Waals surface area contributed by atoms with E-state index < -0.39 is 0 Å². The zero-order chi connectivity index (χ0) is 47.6. The van der Waals surface area contributed by atoms with Crippen molar-refractivity contribution in [2.24, 2.45) is 29.1 Å². The zero-order valence-electron chi connectivity index (χ0n) is 40.7. The van der Waals surface area contributed by atoms with E-state index in [0.29, 0.717) is 17.3 Å². The summed E-state index contributed by atoms with van der Waals surface area (Å²) in [6.07, 6.45) is 6.92. The van der Waals surface area contributed by atoms with E-state index in [9.17, 15) is 0 Å². The summed E-state index contributed by atoms with van der Waals surface area (Å²) in [6.45, 7) is 0. The molecule has 4 unspecified atom stereocenters. The van der Waals surface area contributed by atoms with Crippen LogP contribution in [0.3, 0.4) is 0 Å². The third-order valence-corrected chi connectivity index (χ3v) is 19.3. The predicted octanol–water partition coefficient (Wildman–Crippen LogP) is 19.3. The minimum Gasteiger partial charge on any atom is -0.308 e. The fourth-order valence-electron chi connectivity index (χ4n) is 17.2. The van der Waals surface area contributed by atoms with Crippen LogP contribution in [-0.2, 0) is 5.41 Å². The molecule has 0 heterocycles. The summed E-state index contributed by atoms with van der Waals surface area (Å²) in [5, 5.41) is 15.5. The van der Waals surface area contributed by atoms with Gasteiger partial charge >= 0.3 is 0 Å². The van der Waals surface area contributed by atoms with Crippen molar-refractivity contribution in [2.75, 3.05) is 9.80 Å². The van der Waals surface area contributed by atoms with Crippen LogP contribution < -0.4 is 9.80 Å². The molecular formula is C71H52N2. The van der Waals surface area contributed by atoms with E-state index in [1.165, 1.54) is 131 Å². The van der Waals surface area contributed by atoms with Crippen LogP contribution in [0.2, 0.25) is 0 Å². The number of fused-ring (bicyclic) bond motifs is 21. The molecule has 0 radical (unpaired) electrons. The molecule has 12 aromatic carbocycles. The lowest BCUT2D eigenvalue weighted by molar-refractivity contribution is -0.0817. The average molecular weight is 933 g/mol. The molecular weight excluding hydrogens is 881 g/mol. The molecule has 4 fully saturated rings. The summed E-state index contributed by atoms with van der Waals surface area (Å²) >= 11 is 0. The molecule has 2 heteroatoms. The van der Waals surface area contributed by atoms with E-state index in [1.807, 2.05) is 0 Å². The topological polar surface area (TPSA) is 6.48 Å². The van der Waals surface area contributed by atoms with Crippen molar-refractivity contribution in [1.29, 1.82) is 0 Å². The second-order valence-electron chi connectivity index (χ2n) is 22.4. The van der Waals surface area contributed by atoms with Gasteiger partial charge in [-0.15, -0.1) is 0 Å². The van der Waals surface area contributed by atoms with Crippen molar-refractivity contribution in [3.63, 3.8) is 0 Å². The third-order valence-electron chi connectivity index (χ3n) is 19.3. The molecule has 5 aliphatic carbocycles. The fraction of sp³-hybridized carbons (Fsp3) is 0.155. The van der Waals surface area contributed by atoms with E-state index in [0.717, 1.165) is 23.2 Å². The molecule has 5 aliphatic rings. The van der Waals surface area contributed by atoms with Crippen LogP contribution in [0.25, 0.3) is 75.8 Å². The van der Waals surface area contributed by atoms with E-state index in [4.69, 9.17) is 0 Å². The van der Waals surface area contributed by atoms with Gasteiger partial charge in [0.15, 0.2) is 0 Å². The summed E-state index contributed by atoms with van der Waals surface area (Å²) in [6, 6.07) is 88.0. The Balaban J connectivity index is 1.01. The maximum Gasteiger partial charge on any atom is 0.0750 e. The molecule has 3 bridgehead atoms. The van der Waals surface area contributed by atoms with E-state index in [2.05, 4.69) is 240 Å². The van der Waals surface area contributed by atoms with Crippen LogP contribution in [0.15, 0.2) is 231 Å². The first kappa shape index (κ1) is 40.4. The summed E-state index contributed by atoms with van der Waals surface area (Å²) in [5.41, 5.74) is 13.5. The lowest BCUT2D eigenvalue weighted by Crippen LogP contribution is -2.62.